The minimum Gasteiger partial charge on any atom is -0.347 e. The van der Waals surface area contributed by atoms with Crippen LogP contribution < -0.4 is 10.5 Å². The number of aromatic nitrogens is 1. The number of alkyl halides is 3. The standard InChI is InChI=1S/C22H17F5N4O3S/c23-15-1-11(2-16(24)5-15)6-29-7-12-9-30(10-13(12)8-29)21-28-20(32)17-3-14(22(25,26)27)4-18(31(33)34)19(17)35-21/h1-5,12-13H,6-10H2. The third-order valence-corrected chi connectivity index (χ3v) is 7.54. The Morgan fingerprint density at radius 3 is 2.23 bits per heavy atom. The van der Waals surface area contributed by atoms with Crippen molar-refractivity contribution in [1.29, 1.82) is 0 Å². The van der Waals surface area contributed by atoms with Gasteiger partial charge in [0.15, 0.2) is 5.13 Å². The van der Waals surface area contributed by atoms with Gasteiger partial charge in [0.1, 0.15) is 16.3 Å². The van der Waals surface area contributed by atoms with Crippen LogP contribution in [0.4, 0.5) is 32.8 Å². The monoisotopic (exact) mass is 512 g/mol. The molecule has 2 aliphatic rings. The van der Waals surface area contributed by atoms with E-state index in [-0.39, 0.29) is 21.7 Å². The molecule has 0 bridgehead atoms. The summed E-state index contributed by atoms with van der Waals surface area (Å²) in [6.07, 6.45) is -4.84. The fourth-order valence-electron chi connectivity index (χ4n) is 4.91. The number of hydrogen-bond donors (Lipinski definition) is 0. The van der Waals surface area contributed by atoms with Gasteiger partial charge in [-0.2, -0.15) is 18.2 Å². The first kappa shape index (κ1) is 23.5. The van der Waals surface area contributed by atoms with Gasteiger partial charge in [0, 0.05) is 44.9 Å². The number of benzene rings is 2. The van der Waals surface area contributed by atoms with E-state index in [0.717, 1.165) is 17.4 Å². The third-order valence-electron chi connectivity index (χ3n) is 6.38. The molecule has 3 heterocycles. The largest absolute Gasteiger partial charge is 0.416 e. The van der Waals surface area contributed by atoms with Crippen LogP contribution in [0, 0.1) is 33.6 Å². The maximum atomic E-state index is 13.5. The normalized spacial score (nSPS) is 20.5. The second-order valence-corrected chi connectivity index (χ2v) is 9.80. The fraction of sp³-hybridized carbons (Fsp3) is 0.364. The molecule has 2 aromatic carbocycles. The first-order valence-corrected chi connectivity index (χ1v) is 11.4. The van der Waals surface area contributed by atoms with Crippen LogP contribution in [0.1, 0.15) is 11.1 Å². The van der Waals surface area contributed by atoms with Crippen molar-refractivity contribution in [2.75, 3.05) is 31.1 Å². The zero-order chi connectivity index (χ0) is 25.1. The van der Waals surface area contributed by atoms with Gasteiger partial charge in [-0.15, -0.1) is 0 Å². The van der Waals surface area contributed by atoms with E-state index in [1.165, 1.54) is 12.1 Å². The van der Waals surface area contributed by atoms with Crippen LogP contribution in [-0.4, -0.2) is 41.0 Å². The van der Waals surface area contributed by atoms with Crippen LogP contribution in [0.15, 0.2) is 35.1 Å². The number of fused-ring (bicyclic) bond motifs is 2. The molecule has 2 aliphatic heterocycles. The minimum absolute atomic E-state index is 0.148. The summed E-state index contributed by atoms with van der Waals surface area (Å²) in [6.45, 7) is 2.69. The van der Waals surface area contributed by atoms with Gasteiger partial charge in [-0.3, -0.25) is 19.8 Å². The van der Waals surface area contributed by atoms with E-state index in [9.17, 15) is 36.9 Å². The summed E-state index contributed by atoms with van der Waals surface area (Å²) in [5.41, 5.74) is -2.48. The number of likely N-dealkylation sites (tertiary alicyclic amines) is 1. The summed E-state index contributed by atoms with van der Waals surface area (Å²) in [7, 11) is 0. The van der Waals surface area contributed by atoms with Gasteiger partial charge in [0.05, 0.1) is 15.9 Å². The SMILES string of the molecule is O=c1nc(N2CC3CN(Cc4cc(F)cc(F)c4)CC3C2)sc2c([N+](=O)[O-])cc(C(F)(F)F)cc12. The average Bonchev–Trinajstić information content (AvgIpc) is 3.30. The quantitative estimate of drug-likeness (QED) is 0.292. The Hall–Kier alpha value is -3.19. The lowest BCUT2D eigenvalue weighted by atomic mass is 10.0. The number of anilines is 1. The van der Waals surface area contributed by atoms with Crippen LogP contribution in [0.5, 0.6) is 0 Å². The molecule has 184 valence electrons. The highest BCUT2D eigenvalue weighted by Crippen LogP contribution is 2.40. The first-order valence-electron chi connectivity index (χ1n) is 10.6. The van der Waals surface area contributed by atoms with E-state index in [1.54, 1.807) is 0 Å². The number of non-ortho nitro benzene ring substituents is 1. The molecule has 2 fully saturated rings. The van der Waals surface area contributed by atoms with Crippen LogP contribution in [0.25, 0.3) is 10.1 Å². The van der Waals surface area contributed by atoms with Gasteiger partial charge in [0.25, 0.3) is 11.2 Å². The van der Waals surface area contributed by atoms with E-state index < -0.39 is 44.9 Å². The van der Waals surface area contributed by atoms with Gasteiger partial charge in [-0.05, 0) is 35.6 Å². The van der Waals surface area contributed by atoms with Crippen molar-refractivity contribution in [1.82, 2.24) is 9.88 Å². The highest BCUT2D eigenvalue weighted by Gasteiger charge is 2.41. The van der Waals surface area contributed by atoms with Gasteiger partial charge >= 0.3 is 6.18 Å². The summed E-state index contributed by atoms with van der Waals surface area (Å²) in [5, 5.41) is 11.3. The van der Waals surface area contributed by atoms with Crippen LogP contribution in [-0.2, 0) is 12.7 Å². The summed E-state index contributed by atoms with van der Waals surface area (Å²) in [5.74, 6) is -0.926. The zero-order valence-electron chi connectivity index (χ0n) is 17.9. The minimum atomic E-state index is -4.84. The smallest absolute Gasteiger partial charge is 0.347 e. The van der Waals surface area contributed by atoms with Gasteiger partial charge in [-0.1, -0.05) is 11.3 Å². The zero-order valence-corrected chi connectivity index (χ0v) is 18.7. The molecule has 2 unspecified atom stereocenters. The summed E-state index contributed by atoms with van der Waals surface area (Å²) in [4.78, 5) is 31.0. The number of rotatable bonds is 4. The lowest BCUT2D eigenvalue weighted by Gasteiger charge is -2.22. The number of nitro benzene ring substituents is 1. The number of nitrogens with zero attached hydrogens (tertiary/aromatic N) is 4. The van der Waals surface area contributed by atoms with E-state index in [1.807, 2.05) is 4.90 Å². The molecule has 0 spiro atoms. The van der Waals surface area contributed by atoms with Gasteiger partial charge < -0.3 is 4.90 Å². The number of halogens is 5. The van der Waals surface area contributed by atoms with Crippen molar-refractivity contribution in [2.24, 2.45) is 11.8 Å². The third kappa shape index (κ3) is 4.57. The Balaban J connectivity index is 1.37. The van der Waals surface area contributed by atoms with E-state index >= 15 is 0 Å². The van der Waals surface area contributed by atoms with E-state index in [2.05, 4.69) is 9.88 Å². The Morgan fingerprint density at radius 1 is 1.03 bits per heavy atom. The van der Waals surface area contributed by atoms with Crippen LogP contribution in [0.2, 0.25) is 0 Å². The highest BCUT2D eigenvalue weighted by molar-refractivity contribution is 7.22. The lowest BCUT2D eigenvalue weighted by molar-refractivity contribution is -0.383. The summed E-state index contributed by atoms with van der Waals surface area (Å²) < 4.78 is 66.3. The van der Waals surface area contributed by atoms with Crippen LogP contribution in [0.3, 0.4) is 0 Å². The van der Waals surface area contributed by atoms with Crippen molar-refractivity contribution in [3.8, 4) is 0 Å². The molecule has 0 radical (unpaired) electrons. The molecular weight excluding hydrogens is 495 g/mol. The maximum Gasteiger partial charge on any atom is 0.416 e. The van der Waals surface area contributed by atoms with Crippen molar-refractivity contribution in [3.63, 3.8) is 0 Å². The molecule has 1 aromatic heterocycles. The highest BCUT2D eigenvalue weighted by atomic mass is 32.1. The molecule has 2 atom stereocenters. The van der Waals surface area contributed by atoms with E-state index in [0.29, 0.717) is 50.4 Å². The molecule has 0 amide bonds. The maximum absolute atomic E-state index is 13.5. The van der Waals surface area contributed by atoms with Crippen molar-refractivity contribution < 1.29 is 26.9 Å². The van der Waals surface area contributed by atoms with Crippen LogP contribution >= 0.6 is 11.3 Å². The molecule has 0 saturated carbocycles. The Labute approximate surface area is 198 Å². The Morgan fingerprint density at radius 2 is 1.66 bits per heavy atom. The molecule has 0 aliphatic carbocycles. The van der Waals surface area contributed by atoms with Gasteiger partial charge in [0.2, 0.25) is 0 Å². The van der Waals surface area contributed by atoms with Crippen molar-refractivity contribution >= 4 is 32.2 Å². The molecule has 3 aromatic rings. The number of nitro groups is 1. The molecule has 13 heteroatoms. The Bertz CT molecular complexity index is 1360. The molecule has 35 heavy (non-hydrogen) atoms. The molecule has 2 saturated heterocycles. The Kier molecular flexibility index (Phi) is 5.71. The molecule has 5 rings (SSSR count). The van der Waals surface area contributed by atoms with Gasteiger partial charge in [-0.25, -0.2) is 8.78 Å². The fourth-order valence-corrected chi connectivity index (χ4v) is 5.99. The molecule has 7 nitrogen and oxygen atoms in total. The summed E-state index contributed by atoms with van der Waals surface area (Å²) in [6, 6.07) is 4.43. The number of hydrogen-bond acceptors (Lipinski definition) is 7. The lowest BCUT2D eigenvalue weighted by Crippen LogP contribution is -2.29. The predicted octanol–water partition coefficient (Wildman–Crippen LogP) is 4.43. The molecule has 0 N–H and O–H groups in total. The predicted molar refractivity (Wildman–Crippen MR) is 118 cm³/mol. The summed E-state index contributed by atoms with van der Waals surface area (Å²) >= 11 is 0.827. The first-order chi connectivity index (χ1) is 16.5. The topological polar surface area (TPSA) is 79.6 Å². The second kappa shape index (κ2) is 8.48. The second-order valence-electron chi connectivity index (χ2n) is 8.83. The molecular formula is C22H17F5N4O3S. The van der Waals surface area contributed by atoms with Crippen molar-refractivity contribution in [3.05, 3.63) is 73.6 Å². The van der Waals surface area contributed by atoms with E-state index in [4.69, 9.17) is 0 Å². The van der Waals surface area contributed by atoms with Crippen molar-refractivity contribution in [2.45, 2.75) is 12.7 Å². The average molecular weight is 512 g/mol.